The number of carbonyl (C=O) groups is 1. The molecular formula is C15H21FN2O2. The molecule has 0 radical (unpaired) electrons. The number of alkyl halides is 1. The van der Waals surface area contributed by atoms with Gasteiger partial charge in [-0.1, -0.05) is 12.1 Å². The van der Waals surface area contributed by atoms with E-state index in [9.17, 15) is 9.18 Å². The number of benzene rings is 1. The number of nitrogens with one attached hydrogen (secondary N) is 1. The molecule has 0 saturated carbocycles. The zero-order valence-electron chi connectivity index (χ0n) is 11.8. The number of piperidine rings is 1. The van der Waals surface area contributed by atoms with Crippen LogP contribution >= 0.6 is 0 Å². The quantitative estimate of drug-likeness (QED) is 0.893. The van der Waals surface area contributed by atoms with Crippen molar-refractivity contribution in [2.45, 2.75) is 25.6 Å². The summed E-state index contributed by atoms with van der Waals surface area (Å²) in [6, 6.07) is 7.60. The molecular weight excluding hydrogens is 259 g/mol. The van der Waals surface area contributed by atoms with Crippen LogP contribution in [0, 0.1) is 0 Å². The number of methoxy groups -OCH3 is 1. The molecule has 1 aliphatic rings. The molecule has 20 heavy (non-hydrogen) atoms. The van der Waals surface area contributed by atoms with E-state index in [1.54, 1.807) is 7.11 Å². The number of hydrogen-bond acceptors (Lipinski definition) is 3. The number of ether oxygens (including phenoxy) is 1. The standard InChI is InChI=1S/C15H21FN2O2/c1-20-14-4-2-3-12(9-14)10-17-15(19)11-18-7-5-13(16)6-8-18/h2-4,9,13H,5-8,10-11H2,1H3,(H,17,19). The molecule has 5 heteroatoms. The number of hydrogen-bond donors (Lipinski definition) is 1. The molecule has 1 saturated heterocycles. The molecule has 0 atom stereocenters. The van der Waals surface area contributed by atoms with Crippen molar-refractivity contribution in [1.82, 2.24) is 10.2 Å². The first-order valence-electron chi connectivity index (χ1n) is 6.93. The molecule has 1 heterocycles. The highest BCUT2D eigenvalue weighted by Gasteiger charge is 2.19. The third-order valence-corrected chi connectivity index (χ3v) is 3.51. The van der Waals surface area contributed by atoms with Crippen molar-refractivity contribution >= 4 is 5.91 Å². The number of halogens is 1. The lowest BCUT2D eigenvalue weighted by atomic mass is 10.1. The van der Waals surface area contributed by atoms with E-state index in [1.807, 2.05) is 29.2 Å². The molecule has 0 spiro atoms. The van der Waals surface area contributed by atoms with Gasteiger partial charge in [-0.2, -0.15) is 0 Å². The summed E-state index contributed by atoms with van der Waals surface area (Å²) in [7, 11) is 1.62. The molecule has 1 N–H and O–H groups in total. The monoisotopic (exact) mass is 280 g/mol. The van der Waals surface area contributed by atoms with Crippen LogP contribution in [0.2, 0.25) is 0 Å². The van der Waals surface area contributed by atoms with Crippen LogP contribution in [0.25, 0.3) is 0 Å². The molecule has 0 unspecified atom stereocenters. The summed E-state index contributed by atoms with van der Waals surface area (Å²) in [6.45, 7) is 2.15. The highest BCUT2D eigenvalue weighted by Crippen LogP contribution is 2.13. The van der Waals surface area contributed by atoms with Gasteiger partial charge in [0.1, 0.15) is 11.9 Å². The van der Waals surface area contributed by atoms with Crippen LogP contribution in [0.4, 0.5) is 4.39 Å². The molecule has 1 aromatic carbocycles. The first kappa shape index (κ1) is 14.8. The van der Waals surface area contributed by atoms with Gasteiger partial charge in [-0.25, -0.2) is 4.39 Å². The summed E-state index contributed by atoms with van der Waals surface area (Å²) in [6.07, 6.45) is 0.359. The molecule has 1 amide bonds. The summed E-state index contributed by atoms with van der Waals surface area (Å²) < 4.78 is 18.1. The largest absolute Gasteiger partial charge is 0.497 e. The van der Waals surface area contributed by atoms with Crippen molar-refractivity contribution in [3.8, 4) is 5.75 Å². The Morgan fingerprint density at radius 3 is 2.90 bits per heavy atom. The van der Waals surface area contributed by atoms with Crippen molar-refractivity contribution in [3.05, 3.63) is 29.8 Å². The zero-order chi connectivity index (χ0) is 14.4. The fourth-order valence-electron chi connectivity index (χ4n) is 2.30. The van der Waals surface area contributed by atoms with E-state index in [4.69, 9.17) is 4.74 Å². The summed E-state index contributed by atoms with van der Waals surface area (Å²) in [5, 5.41) is 2.88. The molecule has 0 bridgehead atoms. The molecule has 0 aromatic heterocycles. The van der Waals surface area contributed by atoms with Gasteiger partial charge in [-0.05, 0) is 30.5 Å². The van der Waals surface area contributed by atoms with E-state index in [0.717, 1.165) is 11.3 Å². The molecule has 0 aliphatic carbocycles. The van der Waals surface area contributed by atoms with E-state index >= 15 is 0 Å². The van der Waals surface area contributed by atoms with Gasteiger partial charge in [-0.15, -0.1) is 0 Å². The SMILES string of the molecule is COc1cccc(CNC(=O)CN2CCC(F)CC2)c1. The highest BCUT2D eigenvalue weighted by atomic mass is 19.1. The van der Waals surface area contributed by atoms with Crippen molar-refractivity contribution in [2.24, 2.45) is 0 Å². The average molecular weight is 280 g/mol. The van der Waals surface area contributed by atoms with Crippen LogP contribution < -0.4 is 10.1 Å². The van der Waals surface area contributed by atoms with Crippen LogP contribution in [0.5, 0.6) is 5.75 Å². The third-order valence-electron chi connectivity index (χ3n) is 3.51. The smallest absolute Gasteiger partial charge is 0.234 e. The fourth-order valence-corrected chi connectivity index (χ4v) is 2.30. The summed E-state index contributed by atoms with van der Waals surface area (Å²) in [4.78, 5) is 13.8. The second-order valence-electron chi connectivity index (χ2n) is 5.08. The third kappa shape index (κ3) is 4.49. The first-order valence-corrected chi connectivity index (χ1v) is 6.93. The van der Waals surface area contributed by atoms with Crippen molar-refractivity contribution in [3.63, 3.8) is 0 Å². The van der Waals surface area contributed by atoms with Crippen molar-refractivity contribution in [2.75, 3.05) is 26.7 Å². The van der Waals surface area contributed by atoms with Gasteiger partial charge in [0.05, 0.1) is 13.7 Å². The predicted molar refractivity (Wildman–Crippen MR) is 75.4 cm³/mol. The number of carbonyl (C=O) groups excluding carboxylic acids is 1. The Balaban J connectivity index is 1.74. The van der Waals surface area contributed by atoms with Gasteiger partial charge >= 0.3 is 0 Å². The minimum absolute atomic E-state index is 0.0230. The van der Waals surface area contributed by atoms with Crippen LogP contribution in [-0.4, -0.2) is 43.7 Å². The van der Waals surface area contributed by atoms with E-state index < -0.39 is 6.17 Å². The van der Waals surface area contributed by atoms with Crippen molar-refractivity contribution < 1.29 is 13.9 Å². The Kier molecular flexibility index (Phi) is 5.35. The summed E-state index contributed by atoms with van der Waals surface area (Å²) in [5.41, 5.74) is 1.00. The van der Waals surface area contributed by atoms with Crippen LogP contribution in [0.1, 0.15) is 18.4 Å². The maximum atomic E-state index is 13.0. The fraction of sp³-hybridized carbons (Fsp3) is 0.533. The van der Waals surface area contributed by atoms with E-state index in [1.165, 1.54) is 0 Å². The number of likely N-dealkylation sites (tertiary alicyclic amines) is 1. The van der Waals surface area contributed by atoms with E-state index in [-0.39, 0.29) is 5.91 Å². The Morgan fingerprint density at radius 2 is 2.20 bits per heavy atom. The van der Waals surface area contributed by atoms with Gasteiger partial charge in [0.2, 0.25) is 5.91 Å². The Labute approximate surface area is 118 Å². The van der Waals surface area contributed by atoms with Gasteiger partial charge in [0.15, 0.2) is 0 Å². The Bertz CT molecular complexity index is 445. The Morgan fingerprint density at radius 1 is 1.45 bits per heavy atom. The molecule has 4 nitrogen and oxygen atoms in total. The van der Waals surface area contributed by atoms with Gasteiger partial charge in [0.25, 0.3) is 0 Å². The molecule has 1 aromatic rings. The van der Waals surface area contributed by atoms with Crippen LogP contribution in [0.15, 0.2) is 24.3 Å². The lowest BCUT2D eigenvalue weighted by Gasteiger charge is -2.27. The molecule has 1 fully saturated rings. The van der Waals surface area contributed by atoms with E-state index in [0.29, 0.717) is 39.0 Å². The minimum atomic E-state index is -0.703. The molecule has 2 rings (SSSR count). The average Bonchev–Trinajstić information content (AvgIpc) is 2.48. The lowest BCUT2D eigenvalue weighted by Crippen LogP contribution is -2.41. The first-order chi connectivity index (χ1) is 9.67. The van der Waals surface area contributed by atoms with Crippen LogP contribution in [0.3, 0.4) is 0 Å². The highest BCUT2D eigenvalue weighted by molar-refractivity contribution is 5.78. The van der Waals surface area contributed by atoms with Gasteiger partial charge < -0.3 is 10.1 Å². The van der Waals surface area contributed by atoms with Gasteiger partial charge in [0, 0.05) is 19.6 Å². The number of rotatable bonds is 5. The minimum Gasteiger partial charge on any atom is -0.497 e. The second-order valence-corrected chi connectivity index (χ2v) is 5.08. The molecule has 1 aliphatic heterocycles. The Hall–Kier alpha value is -1.62. The maximum absolute atomic E-state index is 13.0. The topological polar surface area (TPSA) is 41.6 Å². The second kappa shape index (κ2) is 7.24. The van der Waals surface area contributed by atoms with E-state index in [2.05, 4.69) is 5.32 Å². The summed E-state index contributed by atoms with van der Waals surface area (Å²) >= 11 is 0. The lowest BCUT2D eigenvalue weighted by molar-refractivity contribution is -0.122. The van der Waals surface area contributed by atoms with Crippen LogP contribution in [-0.2, 0) is 11.3 Å². The molecule has 110 valence electrons. The summed E-state index contributed by atoms with van der Waals surface area (Å²) in [5.74, 6) is 0.756. The maximum Gasteiger partial charge on any atom is 0.234 e. The van der Waals surface area contributed by atoms with Crippen molar-refractivity contribution in [1.29, 1.82) is 0 Å². The number of nitrogens with zero attached hydrogens (tertiary/aromatic N) is 1. The zero-order valence-corrected chi connectivity index (χ0v) is 11.8. The normalized spacial score (nSPS) is 16.9. The number of amides is 1. The van der Waals surface area contributed by atoms with Gasteiger partial charge in [-0.3, -0.25) is 9.69 Å². The predicted octanol–water partition coefficient (Wildman–Crippen LogP) is 1.75.